The third-order valence-electron chi connectivity index (χ3n) is 8.28. The zero-order valence-electron chi connectivity index (χ0n) is 22.4. The number of carboxylic acids is 1. The van der Waals surface area contributed by atoms with Gasteiger partial charge in [-0.05, 0) is 47.9 Å². The molecular formula is C29H28F3N5O5. The number of cyclic esters (lactones) is 1. The van der Waals surface area contributed by atoms with Crippen LogP contribution in [0.5, 0.6) is 5.88 Å². The number of nitrogens with two attached hydrogens (primary N) is 1. The van der Waals surface area contributed by atoms with E-state index in [0.29, 0.717) is 55.8 Å². The minimum absolute atomic E-state index is 0.119. The number of carbonyl (C=O) groups is 2. The van der Waals surface area contributed by atoms with Gasteiger partial charge in [-0.25, -0.2) is 4.79 Å². The Morgan fingerprint density at radius 1 is 1.12 bits per heavy atom. The summed E-state index contributed by atoms with van der Waals surface area (Å²) in [6.07, 6.45) is -5.12. The lowest BCUT2D eigenvalue weighted by Crippen LogP contribution is -2.41. The molecule has 1 spiro atoms. The van der Waals surface area contributed by atoms with Gasteiger partial charge in [-0.15, -0.1) is 0 Å². The highest BCUT2D eigenvalue weighted by molar-refractivity contribution is 5.94. The Morgan fingerprint density at radius 2 is 1.83 bits per heavy atom. The Hall–Kier alpha value is -4.39. The minimum Gasteiger partial charge on any atom is -0.480 e. The first-order chi connectivity index (χ1) is 20.0. The molecule has 2 atom stereocenters. The van der Waals surface area contributed by atoms with Crippen molar-refractivity contribution in [3.63, 3.8) is 0 Å². The quantitative estimate of drug-likeness (QED) is 0.363. The van der Waals surface area contributed by atoms with E-state index in [1.54, 1.807) is 30.3 Å². The number of nitrogen functional groups attached to an aromatic ring is 1. The molecule has 0 amide bonds. The molecule has 0 bridgehead atoms. The van der Waals surface area contributed by atoms with E-state index in [1.165, 1.54) is 18.2 Å². The number of nitrogens with zero attached hydrogens (tertiary/aromatic N) is 3. The van der Waals surface area contributed by atoms with E-state index in [2.05, 4.69) is 15.3 Å². The molecule has 3 aromatic rings. The minimum atomic E-state index is -4.75. The number of rotatable bonds is 6. The number of piperidine rings is 1. The van der Waals surface area contributed by atoms with Crippen LogP contribution in [0.25, 0.3) is 11.1 Å². The lowest BCUT2D eigenvalue weighted by atomic mass is 9.76. The molecular weight excluding hydrogens is 555 g/mol. The molecule has 2 saturated heterocycles. The predicted molar refractivity (Wildman–Crippen MR) is 145 cm³/mol. The maximum Gasteiger partial charge on any atom is 0.429 e. The second kappa shape index (κ2) is 10.5. The fraction of sp³-hybridized carbons (Fsp3) is 0.379. The molecule has 4 N–H and O–H groups in total. The van der Waals surface area contributed by atoms with Crippen LogP contribution in [0.4, 0.5) is 24.9 Å². The maximum atomic E-state index is 14.2. The Bertz CT molecular complexity index is 1520. The Kier molecular flexibility index (Phi) is 6.92. The van der Waals surface area contributed by atoms with E-state index in [0.717, 1.165) is 11.1 Å². The number of nitrogens with one attached hydrogen (secondary N) is 1. The molecule has 3 aliphatic rings. The number of benzene rings is 2. The SMILES string of the molecule is Nc1nc(OC(c2ccc(-c3ccc4c(c3)COC4=O)cc2)C(F)(F)F)cc(N2CCC3(CC2)CNC(C(=O)O)C3)n1. The van der Waals surface area contributed by atoms with Gasteiger partial charge in [0.15, 0.2) is 0 Å². The van der Waals surface area contributed by atoms with Crippen LogP contribution in [0, 0.1) is 5.41 Å². The highest BCUT2D eigenvalue weighted by atomic mass is 19.4. The monoisotopic (exact) mass is 583 g/mol. The van der Waals surface area contributed by atoms with Crippen molar-refractivity contribution in [3.8, 4) is 17.0 Å². The van der Waals surface area contributed by atoms with Gasteiger partial charge < -0.3 is 30.5 Å². The molecule has 0 aliphatic carbocycles. The molecule has 13 heteroatoms. The molecule has 2 unspecified atom stereocenters. The van der Waals surface area contributed by atoms with Crippen LogP contribution in [0.1, 0.15) is 46.9 Å². The van der Waals surface area contributed by atoms with Gasteiger partial charge in [0.2, 0.25) is 17.9 Å². The van der Waals surface area contributed by atoms with Crippen LogP contribution in [-0.2, 0) is 16.1 Å². The van der Waals surface area contributed by atoms with Crippen molar-refractivity contribution in [2.75, 3.05) is 30.3 Å². The third kappa shape index (κ3) is 5.43. The van der Waals surface area contributed by atoms with Crippen LogP contribution in [0.2, 0.25) is 0 Å². The highest BCUT2D eigenvalue weighted by Gasteiger charge is 2.45. The number of anilines is 2. The summed E-state index contributed by atoms with van der Waals surface area (Å²) in [5.41, 5.74) is 8.23. The highest BCUT2D eigenvalue weighted by Crippen LogP contribution is 2.41. The topological polar surface area (TPSA) is 140 Å². The number of hydrogen-bond donors (Lipinski definition) is 3. The predicted octanol–water partition coefficient (Wildman–Crippen LogP) is 4.11. The van der Waals surface area contributed by atoms with Gasteiger partial charge in [0.05, 0.1) is 5.56 Å². The fourth-order valence-corrected chi connectivity index (χ4v) is 5.94. The molecule has 0 saturated carbocycles. The van der Waals surface area contributed by atoms with Gasteiger partial charge in [-0.3, -0.25) is 4.79 Å². The average Bonchev–Trinajstić information content (AvgIpc) is 3.55. The molecule has 42 heavy (non-hydrogen) atoms. The van der Waals surface area contributed by atoms with Gasteiger partial charge in [-0.1, -0.05) is 30.3 Å². The van der Waals surface area contributed by atoms with E-state index in [1.807, 2.05) is 4.90 Å². The number of hydrogen-bond acceptors (Lipinski definition) is 9. The lowest BCUT2D eigenvalue weighted by molar-refractivity contribution is -0.198. The first-order valence-corrected chi connectivity index (χ1v) is 13.5. The standard InChI is InChI=1S/C29H28F3N5O5/c30-29(31,32)24(17-3-1-16(2-4-17)18-5-6-20-19(11-18)14-41-26(20)40)42-23-12-22(35-27(33)36-23)37-9-7-28(8-10-37)13-21(25(38)39)34-15-28/h1-6,11-12,21,24,34H,7-10,13-15H2,(H,38,39)(H2,33,35,36). The number of halogens is 3. The fourth-order valence-electron chi connectivity index (χ4n) is 5.94. The van der Waals surface area contributed by atoms with Crippen molar-refractivity contribution in [2.45, 2.75) is 44.2 Å². The van der Waals surface area contributed by atoms with Gasteiger partial charge >= 0.3 is 18.1 Å². The van der Waals surface area contributed by atoms with E-state index < -0.39 is 30.3 Å². The summed E-state index contributed by atoms with van der Waals surface area (Å²) in [6.45, 7) is 1.84. The summed E-state index contributed by atoms with van der Waals surface area (Å²) in [5, 5.41) is 12.4. The number of alkyl halides is 3. The summed E-state index contributed by atoms with van der Waals surface area (Å²) in [5.74, 6) is -1.43. The maximum absolute atomic E-state index is 14.2. The summed E-state index contributed by atoms with van der Waals surface area (Å²) in [4.78, 5) is 33.1. The van der Waals surface area contributed by atoms with Gasteiger partial charge in [0, 0.05) is 36.8 Å². The zero-order valence-corrected chi connectivity index (χ0v) is 22.4. The van der Waals surface area contributed by atoms with Gasteiger partial charge in [-0.2, -0.15) is 23.1 Å². The molecule has 2 fully saturated rings. The molecule has 0 radical (unpaired) electrons. The molecule has 6 rings (SSSR count). The number of carbonyl (C=O) groups excluding carboxylic acids is 1. The zero-order chi connectivity index (χ0) is 29.6. The van der Waals surface area contributed by atoms with Gasteiger partial charge in [0.25, 0.3) is 0 Å². The number of esters is 1. The molecule has 4 heterocycles. The smallest absolute Gasteiger partial charge is 0.429 e. The third-order valence-corrected chi connectivity index (χ3v) is 8.28. The molecule has 220 valence electrons. The van der Waals surface area contributed by atoms with Crippen LogP contribution in [0.15, 0.2) is 48.5 Å². The van der Waals surface area contributed by atoms with Crippen molar-refractivity contribution in [1.82, 2.24) is 15.3 Å². The first kappa shape index (κ1) is 27.8. The number of fused-ring (bicyclic) bond motifs is 1. The van der Waals surface area contributed by atoms with Crippen LogP contribution in [0.3, 0.4) is 0 Å². The van der Waals surface area contributed by atoms with Gasteiger partial charge in [0.1, 0.15) is 18.5 Å². The Morgan fingerprint density at radius 3 is 2.50 bits per heavy atom. The Balaban J connectivity index is 1.18. The van der Waals surface area contributed by atoms with Crippen LogP contribution < -0.4 is 20.7 Å². The van der Waals surface area contributed by atoms with E-state index in [9.17, 15) is 27.9 Å². The molecule has 2 aromatic carbocycles. The lowest BCUT2D eigenvalue weighted by Gasteiger charge is -2.39. The summed E-state index contributed by atoms with van der Waals surface area (Å²) in [6, 6.07) is 11.7. The van der Waals surface area contributed by atoms with Crippen molar-refractivity contribution in [3.05, 3.63) is 65.2 Å². The van der Waals surface area contributed by atoms with Crippen molar-refractivity contribution in [1.29, 1.82) is 0 Å². The van der Waals surface area contributed by atoms with Crippen LogP contribution >= 0.6 is 0 Å². The summed E-state index contributed by atoms with van der Waals surface area (Å²) < 4.78 is 53.1. The number of ether oxygens (including phenoxy) is 2. The van der Waals surface area contributed by atoms with Crippen molar-refractivity contribution < 1.29 is 37.3 Å². The van der Waals surface area contributed by atoms with E-state index in [-0.39, 0.29) is 29.4 Å². The number of aromatic nitrogens is 2. The molecule has 3 aliphatic heterocycles. The van der Waals surface area contributed by atoms with Crippen LogP contribution in [-0.4, -0.2) is 58.9 Å². The number of aliphatic carboxylic acids is 1. The summed E-state index contributed by atoms with van der Waals surface area (Å²) >= 11 is 0. The van der Waals surface area contributed by atoms with Crippen molar-refractivity contribution in [2.24, 2.45) is 5.41 Å². The second-order valence-electron chi connectivity index (χ2n) is 11.0. The molecule has 1 aromatic heterocycles. The largest absolute Gasteiger partial charge is 0.480 e. The average molecular weight is 584 g/mol. The normalized spacial score (nSPS) is 20.3. The number of carboxylic acid groups (broad SMARTS) is 1. The van der Waals surface area contributed by atoms with Crippen molar-refractivity contribution >= 4 is 23.7 Å². The second-order valence-corrected chi connectivity index (χ2v) is 11.0. The molecule has 10 nitrogen and oxygen atoms in total. The Labute approximate surface area is 238 Å². The summed E-state index contributed by atoms with van der Waals surface area (Å²) in [7, 11) is 0. The van der Waals surface area contributed by atoms with E-state index in [4.69, 9.17) is 15.2 Å². The first-order valence-electron chi connectivity index (χ1n) is 13.5. The van der Waals surface area contributed by atoms with E-state index >= 15 is 0 Å².